The molecule has 0 bridgehead atoms. The van der Waals surface area contributed by atoms with Crippen molar-refractivity contribution in [3.05, 3.63) is 65.4 Å². The number of rotatable bonds is 8. The minimum Gasteiger partial charge on any atom is -0.486 e. The van der Waals surface area contributed by atoms with Crippen molar-refractivity contribution in [3.8, 4) is 11.4 Å². The smallest absolute Gasteiger partial charge is 0.195 e. The zero-order valence-electron chi connectivity index (χ0n) is 14.6. The maximum Gasteiger partial charge on any atom is 0.195 e. The van der Waals surface area contributed by atoms with Crippen molar-refractivity contribution in [1.29, 1.82) is 0 Å². The van der Waals surface area contributed by atoms with Crippen LogP contribution in [0.5, 0.6) is 5.75 Å². The van der Waals surface area contributed by atoms with E-state index in [2.05, 4.69) is 10.2 Å². The van der Waals surface area contributed by atoms with Gasteiger partial charge in [0.1, 0.15) is 22.2 Å². The highest BCUT2D eigenvalue weighted by atomic mass is 35.5. The average molecular weight is 424 g/mol. The molecule has 9 heteroatoms. The molecule has 1 aromatic heterocycles. The minimum atomic E-state index is -3.03. The number of benzene rings is 2. The lowest BCUT2D eigenvalue weighted by atomic mass is 10.3. The van der Waals surface area contributed by atoms with E-state index in [9.17, 15) is 8.42 Å². The van der Waals surface area contributed by atoms with E-state index in [0.29, 0.717) is 27.5 Å². The largest absolute Gasteiger partial charge is 0.486 e. The molecule has 1 heterocycles. The normalized spacial score (nSPS) is 11.5. The Bertz CT molecular complexity index is 990. The summed E-state index contributed by atoms with van der Waals surface area (Å²) in [5.41, 5.74) is 0.888. The number of hydrogen-bond acceptors (Lipinski definition) is 6. The molecule has 0 atom stereocenters. The number of hydrogen-bond donors (Lipinski definition) is 0. The van der Waals surface area contributed by atoms with E-state index in [1.807, 2.05) is 34.9 Å². The Morgan fingerprint density at radius 3 is 2.44 bits per heavy atom. The number of halogens is 1. The van der Waals surface area contributed by atoms with Crippen LogP contribution < -0.4 is 4.74 Å². The van der Waals surface area contributed by atoms with Gasteiger partial charge in [0.25, 0.3) is 0 Å². The van der Waals surface area contributed by atoms with Crippen molar-refractivity contribution in [1.82, 2.24) is 14.8 Å². The van der Waals surface area contributed by atoms with Crippen molar-refractivity contribution >= 4 is 33.2 Å². The van der Waals surface area contributed by atoms with Crippen LogP contribution in [-0.2, 0) is 16.4 Å². The molecule has 3 rings (SSSR count). The van der Waals surface area contributed by atoms with E-state index in [-0.39, 0.29) is 12.4 Å². The highest BCUT2D eigenvalue weighted by molar-refractivity contribution is 8.00. The maximum atomic E-state index is 11.4. The fraction of sp³-hybridized carbons (Fsp3) is 0.222. The van der Waals surface area contributed by atoms with Gasteiger partial charge in [-0.15, -0.1) is 10.2 Å². The van der Waals surface area contributed by atoms with Crippen LogP contribution in [0.1, 0.15) is 5.82 Å². The first-order chi connectivity index (χ1) is 12.9. The predicted molar refractivity (Wildman–Crippen MR) is 108 cm³/mol. The van der Waals surface area contributed by atoms with Crippen LogP contribution in [0.2, 0.25) is 5.02 Å². The second-order valence-electron chi connectivity index (χ2n) is 5.79. The third kappa shape index (κ3) is 5.72. The first-order valence-electron chi connectivity index (χ1n) is 8.11. The lowest BCUT2D eigenvalue weighted by molar-refractivity contribution is 0.293. The summed E-state index contributed by atoms with van der Waals surface area (Å²) in [5, 5.41) is 9.71. The molecule has 0 N–H and O–H groups in total. The summed E-state index contributed by atoms with van der Waals surface area (Å²) in [6.07, 6.45) is 1.22. The topological polar surface area (TPSA) is 74.1 Å². The van der Waals surface area contributed by atoms with Gasteiger partial charge < -0.3 is 4.74 Å². The lowest BCUT2D eigenvalue weighted by Gasteiger charge is -2.11. The number of nitrogens with zero attached hydrogens (tertiary/aromatic N) is 3. The third-order valence-electron chi connectivity index (χ3n) is 3.58. The van der Waals surface area contributed by atoms with Crippen molar-refractivity contribution < 1.29 is 13.2 Å². The van der Waals surface area contributed by atoms with E-state index in [1.54, 1.807) is 24.3 Å². The first-order valence-corrected chi connectivity index (χ1v) is 11.5. The van der Waals surface area contributed by atoms with Crippen LogP contribution in [0, 0.1) is 0 Å². The summed E-state index contributed by atoms with van der Waals surface area (Å²) in [5.74, 6) is 1.78. The minimum absolute atomic E-state index is 0.0793. The van der Waals surface area contributed by atoms with E-state index in [4.69, 9.17) is 16.3 Å². The SMILES string of the molecule is CS(=O)(=O)CCSc1nnc(COc2ccc(Cl)cc2)n1-c1ccccc1. The van der Waals surface area contributed by atoms with Crippen LogP contribution in [-0.4, -0.2) is 40.9 Å². The van der Waals surface area contributed by atoms with Gasteiger partial charge in [0.05, 0.1) is 5.75 Å². The van der Waals surface area contributed by atoms with Gasteiger partial charge in [-0.2, -0.15) is 0 Å². The van der Waals surface area contributed by atoms with Crippen molar-refractivity contribution in [3.63, 3.8) is 0 Å². The highest BCUT2D eigenvalue weighted by Crippen LogP contribution is 2.23. The number of thioether (sulfide) groups is 1. The molecule has 0 saturated carbocycles. The van der Waals surface area contributed by atoms with Gasteiger partial charge in [-0.25, -0.2) is 8.42 Å². The fourth-order valence-electron chi connectivity index (χ4n) is 2.29. The molecule has 0 aliphatic carbocycles. The molecule has 0 fully saturated rings. The van der Waals surface area contributed by atoms with Gasteiger partial charge in [-0.05, 0) is 36.4 Å². The number of ether oxygens (including phenoxy) is 1. The summed E-state index contributed by atoms with van der Waals surface area (Å²) in [6, 6.07) is 16.7. The molecule has 0 spiro atoms. The Balaban J connectivity index is 1.81. The maximum absolute atomic E-state index is 11.4. The predicted octanol–water partition coefficient (Wildman–Crippen LogP) is 3.64. The van der Waals surface area contributed by atoms with Crippen LogP contribution in [0.3, 0.4) is 0 Å². The Morgan fingerprint density at radius 2 is 1.78 bits per heavy atom. The summed E-state index contributed by atoms with van der Waals surface area (Å²) in [6.45, 7) is 0.218. The number of sulfone groups is 1. The highest BCUT2D eigenvalue weighted by Gasteiger charge is 2.16. The molecular weight excluding hydrogens is 406 g/mol. The van der Waals surface area contributed by atoms with Crippen molar-refractivity contribution in [2.45, 2.75) is 11.8 Å². The molecule has 2 aromatic carbocycles. The van der Waals surface area contributed by atoms with Gasteiger partial charge in [0.2, 0.25) is 0 Å². The molecule has 6 nitrogen and oxygen atoms in total. The Morgan fingerprint density at radius 1 is 1.07 bits per heavy atom. The second-order valence-corrected chi connectivity index (χ2v) is 9.55. The van der Waals surface area contributed by atoms with E-state index >= 15 is 0 Å². The monoisotopic (exact) mass is 423 g/mol. The van der Waals surface area contributed by atoms with E-state index < -0.39 is 9.84 Å². The molecule has 0 aliphatic heterocycles. The molecule has 0 aliphatic rings. The van der Waals surface area contributed by atoms with Gasteiger partial charge in [0, 0.05) is 22.7 Å². The lowest BCUT2D eigenvalue weighted by Crippen LogP contribution is -2.08. The van der Waals surface area contributed by atoms with Crippen LogP contribution in [0.15, 0.2) is 59.8 Å². The third-order valence-corrected chi connectivity index (χ3v) is 5.97. The Hall–Kier alpha value is -2.03. The average Bonchev–Trinajstić information content (AvgIpc) is 3.04. The molecular formula is C18H18ClN3O3S2. The Labute approximate surface area is 167 Å². The number of aromatic nitrogens is 3. The first kappa shape index (κ1) is 19.7. The summed E-state index contributed by atoms with van der Waals surface area (Å²) in [4.78, 5) is 0. The second kappa shape index (κ2) is 8.77. The van der Waals surface area contributed by atoms with E-state index in [0.717, 1.165) is 5.69 Å². The molecule has 0 radical (unpaired) electrons. The standard InChI is InChI=1S/C18H18ClN3O3S2/c1-27(23,24)12-11-26-18-21-20-17(22(18)15-5-3-2-4-6-15)13-25-16-9-7-14(19)8-10-16/h2-10H,11-13H2,1H3. The van der Waals surface area contributed by atoms with Crippen LogP contribution in [0.4, 0.5) is 0 Å². The van der Waals surface area contributed by atoms with Crippen LogP contribution in [0.25, 0.3) is 5.69 Å². The van der Waals surface area contributed by atoms with Gasteiger partial charge >= 0.3 is 0 Å². The number of para-hydroxylation sites is 1. The molecule has 142 valence electrons. The van der Waals surface area contributed by atoms with Crippen LogP contribution >= 0.6 is 23.4 Å². The van der Waals surface area contributed by atoms with E-state index in [1.165, 1.54) is 18.0 Å². The molecule has 0 amide bonds. The van der Waals surface area contributed by atoms with Gasteiger partial charge in [0.15, 0.2) is 11.0 Å². The van der Waals surface area contributed by atoms with Gasteiger partial charge in [-0.1, -0.05) is 41.6 Å². The molecule has 0 saturated heterocycles. The summed E-state index contributed by atoms with van der Waals surface area (Å²) >= 11 is 7.24. The molecule has 27 heavy (non-hydrogen) atoms. The molecule has 0 unspecified atom stereocenters. The fourth-order valence-corrected chi connectivity index (χ4v) is 4.58. The zero-order valence-corrected chi connectivity index (χ0v) is 17.0. The summed E-state index contributed by atoms with van der Waals surface area (Å²) in [7, 11) is -3.03. The van der Waals surface area contributed by atoms with Gasteiger partial charge in [-0.3, -0.25) is 4.57 Å². The Kier molecular flexibility index (Phi) is 6.41. The zero-order chi connectivity index (χ0) is 19.3. The quantitative estimate of drug-likeness (QED) is 0.515. The van der Waals surface area contributed by atoms with Crippen molar-refractivity contribution in [2.75, 3.05) is 17.8 Å². The summed E-state index contributed by atoms with van der Waals surface area (Å²) < 4.78 is 30.4. The van der Waals surface area contributed by atoms with Crippen molar-refractivity contribution in [2.24, 2.45) is 0 Å². The molecule has 3 aromatic rings.